The fourth-order valence-corrected chi connectivity index (χ4v) is 2.19. The Kier molecular flexibility index (Phi) is 3.92. The average molecular weight is 205 g/mol. The lowest BCUT2D eigenvalue weighted by molar-refractivity contribution is 0.423. The summed E-state index contributed by atoms with van der Waals surface area (Å²) in [6, 6.07) is 6.45. The van der Waals surface area contributed by atoms with Crippen LogP contribution in [0.1, 0.15) is 43.4 Å². The fraction of sp³-hybridized carbons (Fsp3) is 0.571. The first-order valence-electron chi connectivity index (χ1n) is 5.80. The van der Waals surface area contributed by atoms with Crippen LogP contribution in [0.2, 0.25) is 0 Å². The third-order valence-corrected chi connectivity index (χ3v) is 3.05. The minimum Gasteiger partial charge on any atom is -0.325 e. The Morgan fingerprint density at radius 2 is 1.73 bits per heavy atom. The van der Waals surface area contributed by atoms with Crippen molar-refractivity contribution >= 4 is 0 Å². The molecule has 1 heteroatoms. The number of hydrogen-bond acceptors (Lipinski definition) is 1. The Morgan fingerprint density at radius 3 is 2.20 bits per heavy atom. The van der Waals surface area contributed by atoms with E-state index in [0.29, 0.717) is 0 Å². The van der Waals surface area contributed by atoms with Crippen LogP contribution in [0.3, 0.4) is 0 Å². The molecule has 1 rings (SSSR count). The molecule has 0 aliphatic rings. The van der Waals surface area contributed by atoms with Gasteiger partial charge in [0, 0.05) is 5.54 Å². The van der Waals surface area contributed by atoms with E-state index in [-0.39, 0.29) is 5.54 Å². The quantitative estimate of drug-likeness (QED) is 0.801. The molecule has 1 unspecified atom stereocenters. The Labute approximate surface area is 93.7 Å². The van der Waals surface area contributed by atoms with Crippen molar-refractivity contribution in [2.45, 2.75) is 52.5 Å². The lowest BCUT2D eigenvalue weighted by atomic mass is 9.86. The molecule has 1 aromatic carbocycles. The largest absolute Gasteiger partial charge is 0.325 e. The van der Waals surface area contributed by atoms with E-state index < -0.39 is 0 Å². The lowest BCUT2D eigenvalue weighted by Gasteiger charge is -2.26. The van der Waals surface area contributed by atoms with Crippen LogP contribution in [0.15, 0.2) is 18.2 Å². The van der Waals surface area contributed by atoms with Crippen LogP contribution in [0, 0.1) is 13.8 Å². The van der Waals surface area contributed by atoms with Gasteiger partial charge in [0.05, 0.1) is 0 Å². The molecule has 0 spiro atoms. The zero-order chi connectivity index (χ0) is 11.5. The van der Waals surface area contributed by atoms with Crippen molar-refractivity contribution in [3.05, 3.63) is 34.9 Å². The standard InChI is InChI=1S/C14H23N/c1-5-9-14(4,15)10-13-11(2)7-6-8-12(13)3/h6-8H,5,9-10,15H2,1-4H3. The molecule has 0 saturated heterocycles. The lowest BCUT2D eigenvalue weighted by Crippen LogP contribution is -2.38. The van der Waals surface area contributed by atoms with Crippen molar-refractivity contribution < 1.29 is 0 Å². The first-order valence-corrected chi connectivity index (χ1v) is 5.80. The van der Waals surface area contributed by atoms with Crippen molar-refractivity contribution in [1.29, 1.82) is 0 Å². The monoisotopic (exact) mass is 205 g/mol. The van der Waals surface area contributed by atoms with Gasteiger partial charge in [-0.2, -0.15) is 0 Å². The SMILES string of the molecule is CCCC(C)(N)Cc1c(C)cccc1C. The zero-order valence-corrected chi connectivity index (χ0v) is 10.4. The van der Waals surface area contributed by atoms with Crippen molar-refractivity contribution in [2.75, 3.05) is 0 Å². The number of nitrogens with two attached hydrogens (primary N) is 1. The fourth-order valence-electron chi connectivity index (χ4n) is 2.19. The van der Waals surface area contributed by atoms with Crippen molar-refractivity contribution in [2.24, 2.45) is 5.73 Å². The van der Waals surface area contributed by atoms with Crippen molar-refractivity contribution in [3.63, 3.8) is 0 Å². The Hall–Kier alpha value is -0.820. The van der Waals surface area contributed by atoms with E-state index in [2.05, 4.69) is 45.9 Å². The third-order valence-electron chi connectivity index (χ3n) is 3.05. The molecule has 0 aliphatic carbocycles. The third kappa shape index (κ3) is 3.35. The minimum absolute atomic E-state index is 0.0639. The molecule has 0 radical (unpaired) electrons. The van der Waals surface area contributed by atoms with Crippen LogP contribution >= 0.6 is 0 Å². The van der Waals surface area contributed by atoms with Gasteiger partial charge in [-0.15, -0.1) is 0 Å². The maximum absolute atomic E-state index is 6.30. The summed E-state index contributed by atoms with van der Waals surface area (Å²) in [5.41, 5.74) is 10.4. The highest BCUT2D eigenvalue weighted by molar-refractivity contribution is 5.34. The van der Waals surface area contributed by atoms with Gasteiger partial charge in [-0.25, -0.2) is 0 Å². The Balaban J connectivity index is 2.89. The van der Waals surface area contributed by atoms with Crippen LogP contribution in [-0.2, 0) is 6.42 Å². The Bertz CT molecular complexity index is 306. The zero-order valence-electron chi connectivity index (χ0n) is 10.4. The van der Waals surface area contributed by atoms with Gasteiger partial charge in [-0.1, -0.05) is 31.5 Å². The summed E-state index contributed by atoms with van der Waals surface area (Å²) in [6.45, 7) is 8.69. The van der Waals surface area contributed by atoms with Gasteiger partial charge in [0.2, 0.25) is 0 Å². The molecule has 0 aromatic heterocycles. The molecule has 0 amide bonds. The molecule has 0 aliphatic heterocycles. The van der Waals surface area contributed by atoms with E-state index in [1.54, 1.807) is 0 Å². The van der Waals surface area contributed by atoms with Gasteiger partial charge in [-0.05, 0) is 50.3 Å². The van der Waals surface area contributed by atoms with Crippen molar-refractivity contribution in [3.8, 4) is 0 Å². The summed E-state index contributed by atoms with van der Waals surface area (Å²) in [5.74, 6) is 0. The second kappa shape index (κ2) is 4.80. The van der Waals surface area contributed by atoms with Crippen molar-refractivity contribution in [1.82, 2.24) is 0 Å². The number of rotatable bonds is 4. The molecular formula is C14H23N. The number of hydrogen-bond donors (Lipinski definition) is 1. The summed E-state index contributed by atoms with van der Waals surface area (Å²) in [6.07, 6.45) is 3.22. The highest BCUT2D eigenvalue weighted by Gasteiger charge is 2.19. The molecular weight excluding hydrogens is 182 g/mol. The predicted octanol–water partition coefficient (Wildman–Crippen LogP) is 3.36. The highest BCUT2D eigenvalue weighted by Crippen LogP contribution is 2.21. The maximum atomic E-state index is 6.30. The van der Waals surface area contributed by atoms with Crippen LogP contribution in [0.4, 0.5) is 0 Å². The molecule has 1 atom stereocenters. The molecule has 0 heterocycles. The van der Waals surface area contributed by atoms with Gasteiger partial charge in [0.25, 0.3) is 0 Å². The van der Waals surface area contributed by atoms with Gasteiger partial charge >= 0.3 is 0 Å². The molecule has 15 heavy (non-hydrogen) atoms. The second-order valence-corrected chi connectivity index (χ2v) is 4.95. The van der Waals surface area contributed by atoms with E-state index >= 15 is 0 Å². The molecule has 0 saturated carbocycles. The van der Waals surface area contributed by atoms with Crippen LogP contribution in [0.5, 0.6) is 0 Å². The number of aryl methyl sites for hydroxylation is 2. The molecule has 1 nitrogen and oxygen atoms in total. The maximum Gasteiger partial charge on any atom is 0.0166 e. The van der Waals surface area contributed by atoms with Crippen LogP contribution in [-0.4, -0.2) is 5.54 Å². The van der Waals surface area contributed by atoms with Gasteiger partial charge in [0.15, 0.2) is 0 Å². The smallest absolute Gasteiger partial charge is 0.0166 e. The first kappa shape index (κ1) is 12.3. The average Bonchev–Trinajstić information content (AvgIpc) is 2.11. The normalized spacial score (nSPS) is 15.0. The van der Waals surface area contributed by atoms with E-state index in [9.17, 15) is 0 Å². The molecule has 0 bridgehead atoms. The predicted molar refractivity (Wildman–Crippen MR) is 67.1 cm³/mol. The summed E-state index contributed by atoms with van der Waals surface area (Å²) in [4.78, 5) is 0. The molecule has 84 valence electrons. The summed E-state index contributed by atoms with van der Waals surface area (Å²) in [5, 5.41) is 0. The van der Waals surface area contributed by atoms with E-state index in [4.69, 9.17) is 5.73 Å². The number of benzene rings is 1. The molecule has 0 fully saturated rings. The van der Waals surface area contributed by atoms with Crippen LogP contribution < -0.4 is 5.73 Å². The van der Waals surface area contributed by atoms with E-state index in [1.807, 2.05) is 0 Å². The molecule has 2 N–H and O–H groups in total. The topological polar surface area (TPSA) is 26.0 Å². The van der Waals surface area contributed by atoms with Gasteiger partial charge in [0.1, 0.15) is 0 Å². The van der Waals surface area contributed by atoms with Gasteiger partial charge < -0.3 is 5.73 Å². The van der Waals surface area contributed by atoms with Gasteiger partial charge in [-0.3, -0.25) is 0 Å². The molecule has 1 aromatic rings. The summed E-state index contributed by atoms with van der Waals surface area (Å²) < 4.78 is 0. The summed E-state index contributed by atoms with van der Waals surface area (Å²) in [7, 11) is 0. The highest BCUT2D eigenvalue weighted by atomic mass is 14.7. The second-order valence-electron chi connectivity index (χ2n) is 4.95. The van der Waals surface area contributed by atoms with E-state index in [1.165, 1.54) is 16.7 Å². The Morgan fingerprint density at radius 1 is 1.20 bits per heavy atom. The summed E-state index contributed by atoms with van der Waals surface area (Å²) >= 11 is 0. The first-order chi connectivity index (χ1) is 6.96. The van der Waals surface area contributed by atoms with Crippen LogP contribution in [0.25, 0.3) is 0 Å². The van der Waals surface area contributed by atoms with E-state index in [0.717, 1.165) is 19.3 Å². The minimum atomic E-state index is -0.0639.